The Hall–Kier alpha value is -3.55. The Kier molecular flexibility index (Phi) is 3.72. The van der Waals surface area contributed by atoms with E-state index in [2.05, 4.69) is 25.4 Å². The number of nitrogen functional groups attached to an aromatic ring is 1. The fourth-order valence-corrected chi connectivity index (χ4v) is 3.04. The van der Waals surface area contributed by atoms with Gasteiger partial charge < -0.3 is 11.1 Å². The van der Waals surface area contributed by atoms with Crippen LogP contribution in [0, 0.1) is 13.8 Å². The van der Waals surface area contributed by atoms with Gasteiger partial charge in [-0.1, -0.05) is 18.2 Å². The number of carbonyl (C=O) groups excluding carboxylic acids is 1. The van der Waals surface area contributed by atoms with Crippen molar-refractivity contribution in [1.29, 1.82) is 0 Å². The molecule has 0 radical (unpaired) electrons. The number of nitrogens with two attached hydrogens (primary N) is 1. The predicted molar refractivity (Wildman–Crippen MR) is 98.7 cm³/mol. The Morgan fingerprint density at radius 1 is 1.19 bits per heavy atom. The molecule has 8 nitrogen and oxygen atoms in total. The van der Waals surface area contributed by atoms with E-state index in [4.69, 9.17) is 5.73 Å². The molecule has 1 aromatic carbocycles. The molecule has 4 aromatic rings. The van der Waals surface area contributed by atoms with E-state index in [1.807, 2.05) is 44.2 Å². The van der Waals surface area contributed by atoms with Crippen molar-refractivity contribution in [2.75, 3.05) is 11.1 Å². The van der Waals surface area contributed by atoms with Gasteiger partial charge in [0.15, 0.2) is 0 Å². The maximum Gasteiger partial charge on any atom is 0.254 e. The number of nitrogens with zero attached hydrogens (tertiary/aromatic N) is 5. The molecule has 26 heavy (non-hydrogen) atoms. The molecule has 0 fully saturated rings. The highest BCUT2D eigenvalue weighted by molar-refractivity contribution is 6.00. The van der Waals surface area contributed by atoms with Crippen molar-refractivity contribution in [3.63, 3.8) is 0 Å². The first kappa shape index (κ1) is 15.9. The van der Waals surface area contributed by atoms with Gasteiger partial charge in [-0.05, 0) is 26.0 Å². The third-order valence-electron chi connectivity index (χ3n) is 4.31. The topological polar surface area (TPSA) is 111 Å². The minimum atomic E-state index is -0.149. The number of fused-ring (bicyclic) bond motifs is 2. The maximum absolute atomic E-state index is 12.6. The average molecular weight is 347 g/mol. The molecule has 0 bridgehead atoms. The van der Waals surface area contributed by atoms with Gasteiger partial charge in [0.25, 0.3) is 5.78 Å². The Labute approximate surface area is 149 Å². The van der Waals surface area contributed by atoms with Gasteiger partial charge >= 0.3 is 0 Å². The van der Waals surface area contributed by atoms with Crippen LogP contribution in [0.1, 0.15) is 17.0 Å². The van der Waals surface area contributed by atoms with Gasteiger partial charge in [0.1, 0.15) is 0 Å². The number of anilines is 2. The van der Waals surface area contributed by atoms with Crippen molar-refractivity contribution in [1.82, 2.24) is 24.6 Å². The second kappa shape index (κ2) is 6.07. The first-order chi connectivity index (χ1) is 12.5. The Morgan fingerprint density at radius 3 is 2.85 bits per heavy atom. The van der Waals surface area contributed by atoms with E-state index in [1.54, 1.807) is 10.7 Å². The van der Waals surface area contributed by atoms with Crippen LogP contribution in [0.2, 0.25) is 0 Å². The maximum atomic E-state index is 12.6. The molecule has 0 saturated heterocycles. The van der Waals surface area contributed by atoms with E-state index in [0.717, 1.165) is 27.9 Å². The van der Waals surface area contributed by atoms with Crippen LogP contribution in [0.25, 0.3) is 16.7 Å². The smallest absolute Gasteiger partial charge is 0.254 e. The van der Waals surface area contributed by atoms with E-state index >= 15 is 0 Å². The monoisotopic (exact) mass is 347 g/mol. The van der Waals surface area contributed by atoms with Gasteiger partial charge in [0.05, 0.1) is 17.6 Å². The third kappa shape index (κ3) is 2.71. The van der Waals surface area contributed by atoms with Crippen LogP contribution in [0.3, 0.4) is 0 Å². The van der Waals surface area contributed by atoms with Crippen LogP contribution in [0.4, 0.5) is 11.6 Å². The summed E-state index contributed by atoms with van der Waals surface area (Å²) >= 11 is 0. The van der Waals surface area contributed by atoms with E-state index in [9.17, 15) is 4.79 Å². The summed E-state index contributed by atoms with van der Waals surface area (Å²) < 4.78 is 1.56. The zero-order chi connectivity index (χ0) is 18.3. The number of hydrogen-bond donors (Lipinski definition) is 2. The second-order valence-electron chi connectivity index (χ2n) is 6.05. The van der Waals surface area contributed by atoms with Gasteiger partial charge in [-0.15, -0.1) is 5.10 Å². The SMILES string of the molecule is Cc1nc2nc(N)nn2c(C)c1CC(=O)Nc1cccc2cccnc12. The number of carbonyl (C=O) groups is 1. The molecule has 3 N–H and O–H groups in total. The third-order valence-corrected chi connectivity index (χ3v) is 4.31. The number of hydrogen-bond acceptors (Lipinski definition) is 6. The fraction of sp³-hybridized carbons (Fsp3) is 0.167. The average Bonchev–Trinajstić information content (AvgIpc) is 2.99. The minimum Gasteiger partial charge on any atom is -0.366 e. The Balaban J connectivity index is 1.65. The van der Waals surface area contributed by atoms with Crippen molar-refractivity contribution in [3.8, 4) is 0 Å². The highest BCUT2D eigenvalue weighted by Crippen LogP contribution is 2.21. The highest BCUT2D eigenvalue weighted by atomic mass is 16.1. The number of aromatic nitrogens is 5. The first-order valence-corrected chi connectivity index (χ1v) is 8.15. The number of rotatable bonds is 3. The summed E-state index contributed by atoms with van der Waals surface area (Å²) in [4.78, 5) is 25.4. The molecule has 0 spiro atoms. The van der Waals surface area contributed by atoms with Gasteiger partial charge in [-0.25, -0.2) is 4.98 Å². The summed E-state index contributed by atoms with van der Waals surface area (Å²) in [5.41, 5.74) is 9.41. The van der Waals surface area contributed by atoms with E-state index in [-0.39, 0.29) is 18.3 Å². The largest absolute Gasteiger partial charge is 0.366 e. The molecule has 0 atom stereocenters. The van der Waals surface area contributed by atoms with Gasteiger partial charge in [-0.3, -0.25) is 9.78 Å². The van der Waals surface area contributed by atoms with Crippen molar-refractivity contribution in [3.05, 3.63) is 53.5 Å². The van der Waals surface area contributed by atoms with Crippen molar-refractivity contribution < 1.29 is 4.79 Å². The summed E-state index contributed by atoms with van der Waals surface area (Å²) in [6.45, 7) is 3.72. The summed E-state index contributed by atoms with van der Waals surface area (Å²) in [6, 6.07) is 9.51. The van der Waals surface area contributed by atoms with E-state index in [0.29, 0.717) is 11.5 Å². The van der Waals surface area contributed by atoms with Crippen molar-refractivity contribution in [2.45, 2.75) is 20.3 Å². The van der Waals surface area contributed by atoms with E-state index < -0.39 is 0 Å². The number of benzene rings is 1. The zero-order valence-electron chi connectivity index (χ0n) is 14.4. The van der Waals surface area contributed by atoms with E-state index in [1.165, 1.54) is 0 Å². The number of pyridine rings is 1. The zero-order valence-corrected chi connectivity index (χ0v) is 14.4. The van der Waals surface area contributed by atoms with Crippen LogP contribution in [0.5, 0.6) is 0 Å². The number of para-hydroxylation sites is 1. The predicted octanol–water partition coefficient (Wildman–Crippen LogP) is 2.05. The van der Waals surface area contributed by atoms with Gasteiger partial charge in [-0.2, -0.15) is 9.50 Å². The van der Waals surface area contributed by atoms with Crippen LogP contribution < -0.4 is 11.1 Å². The molecule has 8 heteroatoms. The van der Waals surface area contributed by atoms with Crippen LogP contribution in [-0.2, 0) is 11.2 Å². The van der Waals surface area contributed by atoms with Crippen molar-refractivity contribution in [2.24, 2.45) is 0 Å². The van der Waals surface area contributed by atoms with Crippen molar-refractivity contribution >= 4 is 34.2 Å². The lowest BCUT2D eigenvalue weighted by molar-refractivity contribution is -0.115. The van der Waals surface area contributed by atoms with Gasteiger partial charge in [0, 0.05) is 28.5 Å². The standard InChI is InChI=1S/C18H17N7O/c1-10-13(11(2)25-18(21-10)23-17(19)24-25)9-15(26)22-14-7-3-5-12-6-4-8-20-16(12)14/h3-8H,9H2,1-2H3,(H2,19,24)(H,22,26). The summed E-state index contributed by atoms with van der Waals surface area (Å²) in [7, 11) is 0. The fourth-order valence-electron chi connectivity index (χ4n) is 3.04. The molecular formula is C18H17N7O. The number of amides is 1. The summed E-state index contributed by atoms with van der Waals surface area (Å²) in [5, 5.41) is 8.04. The molecule has 3 aromatic heterocycles. The Bertz CT molecular complexity index is 1140. The lowest BCUT2D eigenvalue weighted by atomic mass is 10.1. The van der Waals surface area contributed by atoms with Crippen LogP contribution >= 0.6 is 0 Å². The Morgan fingerprint density at radius 2 is 2.00 bits per heavy atom. The molecular weight excluding hydrogens is 330 g/mol. The second-order valence-corrected chi connectivity index (χ2v) is 6.05. The molecule has 3 heterocycles. The molecule has 0 aliphatic rings. The molecule has 130 valence electrons. The minimum absolute atomic E-state index is 0.149. The highest BCUT2D eigenvalue weighted by Gasteiger charge is 2.16. The molecule has 0 aliphatic heterocycles. The molecule has 4 rings (SSSR count). The quantitative estimate of drug-likeness (QED) is 0.587. The molecule has 0 unspecified atom stereocenters. The summed E-state index contributed by atoms with van der Waals surface area (Å²) in [5.74, 6) is 0.437. The molecule has 0 saturated carbocycles. The lowest BCUT2D eigenvalue weighted by Crippen LogP contribution is -2.18. The molecule has 1 amide bonds. The van der Waals surface area contributed by atoms with Crippen LogP contribution in [0.15, 0.2) is 36.5 Å². The first-order valence-electron chi connectivity index (χ1n) is 8.15. The lowest BCUT2D eigenvalue weighted by Gasteiger charge is -2.11. The number of aryl methyl sites for hydroxylation is 2. The van der Waals surface area contributed by atoms with Gasteiger partial charge in [0.2, 0.25) is 11.9 Å². The normalized spacial score (nSPS) is 11.2. The summed E-state index contributed by atoms with van der Waals surface area (Å²) in [6.07, 6.45) is 1.88. The molecule has 0 aliphatic carbocycles. The van der Waals surface area contributed by atoms with Crippen LogP contribution in [-0.4, -0.2) is 30.5 Å². The number of nitrogens with one attached hydrogen (secondary N) is 1.